The van der Waals surface area contributed by atoms with Gasteiger partial charge in [-0.25, -0.2) is 4.79 Å². The Morgan fingerprint density at radius 2 is 1.76 bits per heavy atom. The molecule has 0 aromatic heterocycles. The molecule has 3 amide bonds. The number of nitrogens with zero attached hydrogens (tertiary/aromatic N) is 1. The van der Waals surface area contributed by atoms with Gasteiger partial charge in [0.15, 0.2) is 0 Å². The van der Waals surface area contributed by atoms with Gasteiger partial charge in [0.05, 0.1) is 26.8 Å². The van der Waals surface area contributed by atoms with Crippen molar-refractivity contribution in [3.63, 3.8) is 0 Å². The Kier molecular flexibility index (Phi) is 8.42. The fourth-order valence-electron chi connectivity index (χ4n) is 1.98. The minimum Gasteiger partial charge on any atom is -0.497 e. The molecule has 138 valence electrons. The van der Waals surface area contributed by atoms with E-state index in [1.807, 2.05) is 13.8 Å². The molecule has 25 heavy (non-hydrogen) atoms. The van der Waals surface area contributed by atoms with Gasteiger partial charge in [0.2, 0.25) is 5.91 Å². The monoisotopic (exact) mass is 351 g/mol. The summed E-state index contributed by atoms with van der Waals surface area (Å²) in [6.45, 7) is 5.59. The van der Waals surface area contributed by atoms with E-state index >= 15 is 0 Å². The van der Waals surface area contributed by atoms with Gasteiger partial charge < -0.3 is 14.8 Å². The van der Waals surface area contributed by atoms with Crippen LogP contribution >= 0.6 is 0 Å². The topological polar surface area (TPSA) is 97.0 Å². The summed E-state index contributed by atoms with van der Waals surface area (Å²) >= 11 is 0. The third-order valence-electron chi connectivity index (χ3n) is 3.32. The van der Waals surface area contributed by atoms with E-state index in [9.17, 15) is 14.4 Å². The Bertz CT molecular complexity index is 586. The molecule has 0 heterocycles. The van der Waals surface area contributed by atoms with E-state index in [-0.39, 0.29) is 25.7 Å². The first-order valence-electron chi connectivity index (χ1n) is 8.00. The minimum absolute atomic E-state index is 0.0149. The number of esters is 1. The predicted octanol–water partition coefficient (Wildman–Crippen LogP) is 1.62. The van der Waals surface area contributed by atoms with E-state index in [0.717, 1.165) is 0 Å². The Morgan fingerprint density at radius 3 is 2.28 bits per heavy atom. The summed E-state index contributed by atoms with van der Waals surface area (Å²) in [6, 6.07) is 6.00. The number of amides is 3. The highest BCUT2D eigenvalue weighted by Gasteiger charge is 2.19. The van der Waals surface area contributed by atoms with Crippen LogP contribution in [0.5, 0.6) is 5.75 Å². The van der Waals surface area contributed by atoms with Crippen molar-refractivity contribution in [1.29, 1.82) is 0 Å². The molecule has 0 saturated heterocycles. The Balaban J connectivity index is 2.51. The van der Waals surface area contributed by atoms with Gasteiger partial charge in [0.25, 0.3) is 0 Å². The van der Waals surface area contributed by atoms with Crippen LogP contribution in [-0.2, 0) is 14.3 Å². The lowest BCUT2D eigenvalue weighted by atomic mass is 10.3. The van der Waals surface area contributed by atoms with E-state index in [4.69, 9.17) is 9.47 Å². The second kappa shape index (κ2) is 10.3. The van der Waals surface area contributed by atoms with Crippen molar-refractivity contribution in [2.45, 2.75) is 26.8 Å². The molecule has 8 heteroatoms. The highest BCUT2D eigenvalue weighted by atomic mass is 16.5. The summed E-state index contributed by atoms with van der Waals surface area (Å²) in [6.07, 6.45) is 0. The van der Waals surface area contributed by atoms with Gasteiger partial charge in [-0.05, 0) is 45.0 Å². The van der Waals surface area contributed by atoms with E-state index in [0.29, 0.717) is 11.4 Å². The Hall–Kier alpha value is -2.61. The molecule has 8 nitrogen and oxygen atoms in total. The third-order valence-corrected chi connectivity index (χ3v) is 3.32. The molecule has 0 bridgehead atoms. The number of benzene rings is 1. The van der Waals surface area contributed by atoms with Gasteiger partial charge in [0, 0.05) is 11.7 Å². The number of ether oxygens (including phenoxy) is 2. The number of carbonyl (C=O) groups excluding carboxylic acids is 3. The quantitative estimate of drug-likeness (QED) is 0.691. The molecule has 1 rings (SSSR count). The van der Waals surface area contributed by atoms with Crippen LogP contribution in [0.2, 0.25) is 0 Å². The highest BCUT2D eigenvalue weighted by molar-refractivity contribution is 6.01. The molecule has 0 saturated carbocycles. The van der Waals surface area contributed by atoms with Gasteiger partial charge in [-0.1, -0.05) is 0 Å². The minimum atomic E-state index is -0.644. The summed E-state index contributed by atoms with van der Waals surface area (Å²) in [4.78, 5) is 37.1. The average molecular weight is 351 g/mol. The zero-order valence-corrected chi connectivity index (χ0v) is 15.0. The van der Waals surface area contributed by atoms with Crippen molar-refractivity contribution in [1.82, 2.24) is 10.2 Å². The van der Waals surface area contributed by atoms with Gasteiger partial charge in [-0.2, -0.15) is 0 Å². The number of rotatable bonds is 8. The van der Waals surface area contributed by atoms with E-state index < -0.39 is 17.9 Å². The van der Waals surface area contributed by atoms with Crippen LogP contribution < -0.4 is 15.4 Å². The molecule has 1 aromatic carbocycles. The molecule has 0 aliphatic rings. The van der Waals surface area contributed by atoms with Crippen LogP contribution in [0.1, 0.15) is 20.8 Å². The van der Waals surface area contributed by atoms with Crippen LogP contribution in [0.4, 0.5) is 10.5 Å². The molecular formula is C17H25N3O5. The van der Waals surface area contributed by atoms with E-state index in [1.165, 1.54) is 0 Å². The average Bonchev–Trinajstić information content (AvgIpc) is 2.54. The lowest BCUT2D eigenvalue weighted by Gasteiger charge is -2.24. The second-order valence-corrected chi connectivity index (χ2v) is 5.53. The Labute approximate surface area is 147 Å². The Morgan fingerprint density at radius 1 is 1.12 bits per heavy atom. The number of carbonyl (C=O) groups is 3. The fraction of sp³-hybridized carbons (Fsp3) is 0.471. The number of anilines is 1. The molecular weight excluding hydrogens is 326 g/mol. The van der Waals surface area contributed by atoms with Gasteiger partial charge in [-0.3, -0.25) is 19.8 Å². The summed E-state index contributed by atoms with van der Waals surface area (Å²) in [5.74, 6) is -0.260. The van der Waals surface area contributed by atoms with Gasteiger partial charge in [-0.15, -0.1) is 0 Å². The summed E-state index contributed by atoms with van der Waals surface area (Å²) < 4.78 is 9.91. The predicted molar refractivity (Wildman–Crippen MR) is 93.5 cm³/mol. The number of hydrogen-bond acceptors (Lipinski definition) is 6. The lowest BCUT2D eigenvalue weighted by Crippen LogP contribution is -2.46. The van der Waals surface area contributed by atoms with Crippen LogP contribution in [0.25, 0.3) is 0 Å². The number of methoxy groups -OCH3 is 1. The van der Waals surface area contributed by atoms with Crippen molar-refractivity contribution in [2.75, 3.05) is 32.1 Å². The molecule has 0 atom stereocenters. The first kappa shape index (κ1) is 20.4. The maximum absolute atomic E-state index is 12.0. The molecule has 0 radical (unpaired) electrons. The molecule has 0 aliphatic heterocycles. The lowest BCUT2D eigenvalue weighted by molar-refractivity contribution is -0.145. The second-order valence-electron chi connectivity index (χ2n) is 5.53. The molecule has 0 fully saturated rings. The maximum Gasteiger partial charge on any atom is 0.325 e. The third kappa shape index (κ3) is 7.67. The normalized spacial score (nSPS) is 10.5. The SMILES string of the molecule is CCOC(=O)CN(CC(=O)NC(=O)Nc1ccc(OC)cc1)C(C)C. The molecule has 1 aromatic rings. The summed E-state index contributed by atoms with van der Waals surface area (Å²) in [7, 11) is 1.55. The van der Waals surface area contributed by atoms with Crippen LogP contribution in [0.15, 0.2) is 24.3 Å². The highest BCUT2D eigenvalue weighted by Crippen LogP contribution is 2.14. The summed E-state index contributed by atoms with van der Waals surface area (Å²) in [5, 5.41) is 4.78. The van der Waals surface area contributed by atoms with Crippen LogP contribution in [0, 0.1) is 0 Å². The van der Waals surface area contributed by atoms with Crippen LogP contribution in [-0.4, -0.2) is 55.7 Å². The van der Waals surface area contributed by atoms with Crippen molar-refractivity contribution in [3.05, 3.63) is 24.3 Å². The zero-order chi connectivity index (χ0) is 18.8. The van der Waals surface area contributed by atoms with Gasteiger partial charge in [0.1, 0.15) is 5.75 Å². The number of imide groups is 1. The number of hydrogen-bond donors (Lipinski definition) is 2. The van der Waals surface area contributed by atoms with Crippen molar-refractivity contribution in [2.24, 2.45) is 0 Å². The fourth-order valence-corrected chi connectivity index (χ4v) is 1.98. The van der Waals surface area contributed by atoms with E-state index in [2.05, 4.69) is 10.6 Å². The van der Waals surface area contributed by atoms with E-state index in [1.54, 1.807) is 43.2 Å². The number of nitrogens with one attached hydrogen (secondary N) is 2. The zero-order valence-electron chi connectivity index (χ0n) is 15.0. The standard InChI is InChI=1S/C17H25N3O5/c1-5-25-16(22)11-20(12(2)3)10-15(21)19-17(23)18-13-6-8-14(24-4)9-7-13/h6-9,12H,5,10-11H2,1-4H3,(H2,18,19,21,23). The first-order chi connectivity index (χ1) is 11.8. The van der Waals surface area contributed by atoms with Gasteiger partial charge >= 0.3 is 12.0 Å². The maximum atomic E-state index is 12.0. The van der Waals surface area contributed by atoms with Crippen LogP contribution in [0.3, 0.4) is 0 Å². The number of urea groups is 1. The molecule has 0 aliphatic carbocycles. The van der Waals surface area contributed by atoms with Crippen molar-refractivity contribution >= 4 is 23.6 Å². The smallest absolute Gasteiger partial charge is 0.325 e. The first-order valence-corrected chi connectivity index (χ1v) is 8.00. The summed E-state index contributed by atoms with van der Waals surface area (Å²) in [5.41, 5.74) is 0.526. The van der Waals surface area contributed by atoms with Crippen molar-refractivity contribution in [3.8, 4) is 5.75 Å². The van der Waals surface area contributed by atoms with Crippen molar-refractivity contribution < 1.29 is 23.9 Å². The molecule has 0 unspecified atom stereocenters. The largest absolute Gasteiger partial charge is 0.497 e. The molecule has 0 spiro atoms. The molecule has 2 N–H and O–H groups in total.